The zero-order valence-corrected chi connectivity index (χ0v) is 9.67. The fraction of sp³-hybridized carbons (Fsp3) is 0.400. The molecule has 2 nitrogen and oxygen atoms in total. The lowest BCUT2D eigenvalue weighted by atomic mass is 10.1. The Labute approximate surface area is 91.6 Å². The highest BCUT2D eigenvalue weighted by Gasteiger charge is 2.24. The molecule has 0 heterocycles. The Balaban J connectivity index is 2.59. The van der Waals surface area contributed by atoms with E-state index in [4.69, 9.17) is 10.5 Å². The maximum atomic E-state index is 6.01. The lowest BCUT2D eigenvalue weighted by Crippen LogP contribution is -2.07. The lowest BCUT2D eigenvalue weighted by Gasteiger charge is -2.10. The van der Waals surface area contributed by atoms with E-state index in [9.17, 15) is 0 Å². The molecule has 0 spiro atoms. The van der Waals surface area contributed by atoms with Crippen molar-refractivity contribution in [3.05, 3.63) is 26.8 Å². The predicted octanol–water partition coefficient (Wildman–Crippen LogP) is 2.25. The molecule has 0 unspecified atom stereocenters. The van der Waals surface area contributed by atoms with E-state index >= 15 is 0 Å². The van der Waals surface area contributed by atoms with Gasteiger partial charge in [-0.2, -0.15) is 0 Å². The molecule has 0 bridgehead atoms. The van der Waals surface area contributed by atoms with Crippen molar-refractivity contribution in [2.45, 2.75) is 18.9 Å². The quantitative estimate of drug-likeness (QED) is 0.805. The number of halogens is 1. The first-order valence-corrected chi connectivity index (χ1v) is 5.42. The van der Waals surface area contributed by atoms with E-state index in [-0.39, 0.29) is 6.04 Å². The van der Waals surface area contributed by atoms with Crippen molar-refractivity contribution >= 4 is 22.6 Å². The molecular formula is C10H12INO. The van der Waals surface area contributed by atoms with E-state index in [2.05, 4.69) is 28.7 Å². The molecule has 0 amide bonds. The zero-order valence-electron chi connectivity index (χ0n) is 7.51. The number of benzene rings is 1. The molecule has 13 heavy (non-hydrogen) atoms. The van der Waals surface area contributed by atoms with Crippen molar-refractivity contribution in [3.8, 4) is 5.75 Å². The molecular weight excluding hydrogens is 277 g/mol. The Morgan fingerprint density at radius 2 is 2.31 bits per heavy atom. The minimum atomic E-state index is 0.206. The summed E-state index contributed by atoms with van der Waals surface area (Å²) >= 11 is 2.34. The summed E-state index contributed by atoms with van der Waals surface area (Å²) < 4.78 is 6.56. The average Bonchev–Trinajstić information content (AvgIpc) is 2.50. The summed E-state index contributed by atoms with van der Waals surface area (Å²) in [5.41, 5.74) is 8.61. The van der Waals surface area contributed by atoms with Crippen LogP contribution in [-0.4, -0.2) is 7.11 Å². The zero-order chi connectivity index (χ0) is 9.42. The third kappa shape index (κ3) is 1.44. The van der Waals surface area contributed by atoms with Crippen LogP contribution < -0.4 is 10.5 Å². The Morgan fingerprint density at radius 3 is 3.00 bits per heavy atom. The van der Waals surface area contributed by atoms with Crippen LogP contribution in [0.2, 0.25) is 0 Å². The second-order valence-electron chi connectivity index (χ2n) is 3.29. The third-order valence-corrected chi connectivity index (χ3v) is 3.50. The number of methoxy groups -OCH3 is 1. The summed E-state index contributed by atoms with van der Waals surface area (Å²) in [6, 6.07) is 4.30. The van der Waals surface area contributed by atoms with Gasteiger partial charge in [-0.25, -0.2) is 0 Å². The predicted molar refractivity (Wildman–Crippen MR) is 61.0 cm³/mol. The van der Waals surface area contributed by atoms with Crippen LogP contribution in [0.5, 0.6) is 5.75 Å². The minimum absolute atomic E-state index is 0.206. The second kappa shape index (κ2) is 3.46. The number of fused-ring (bicyclic) bond motifs is 1. The van der Waals surface area contributed by atoms with Gasteiger partial charge in [0.25, 0.3) is 0 Å². The molecule has 2 N–H and O–H groups in total. The number of hydrogen-bond donors (Lipinski definition) is 1. The molecule has 1 aliphatic carbocycles. The molecule has 0 aromatic heterocycles. The van der Waals surface area contributed by atoms with Gasteiger partial charge in [0.2, 0.25) is 0 Å². The van der Waals surface area contributed by atoms with Gasteiger partial charge in [-0.3, -0.25) is 0 Å². The molecule has 1 aliphatic rings. The topological polar surface area (TPSA) is 35.2 Å². The summed E-state index contributed by atoms with van der Waals surface area (Å²) in [6.45, 7) is 0. The molecule has 1 atom stereocenters. The van der Waals surface area contributed by atoms with Crippen molar-refractivity contribution in [1.82, 2.24) is 0 Å². The second-order valence-corrected chi connectivity index (χ2v) is 4.45. The van der Waals surface area contributed by atoms with E-state index in [1.807, 2.05) is 6.07 Å². The highest BCUT2D eigenvalue weighted by Crippen LogP contribution is 2.38. The van der Waals surface area contributed by atoms with Crippen LogP contribution in [0.4, 0.5) is 0 Å². The molecule has 0 saturated heterocycles. The van der Waals surface area contributed by atoms with Crippen LogP contribution in [0.1, 0.15) is 23.6 Å². The largest absolute Gasteiger partial charge is 0.496 e. The van der Waals surface area contributed by atoms with Crippen LogP contribution in [0.25, 0.3) is 0 Å². The van der Waals surface area contributed by atoms with Gasteiger partial charge in [-0.05, 0) is 58.7 Å². The van der Waals surface area contributed by atoms with Crippen molar-refractivity contribution in [2.24, 2.45) is 5.73 Å². The molecule has 3 heteroatoms. The van der Waals surface area contributed by atoms with E-state index in [1.54, 1.807) is 7.11 Å². The van der Waals surface area contributed by atoms with Gasteiger partial charge in [0.05, 0.1) is 7.11 Å². The van der Waals surface area contributed by atoms with Crippen molar-refractivity contribution < 1.29 is 4.74 Å². The molecule has 0 aliphatic heterocycles. The number of rotatable bonds is 1. The van der Waals surface area contributed by atoms with Gasteiger partial charge in [0.1, 0.15) is 5.75 Å². The summed E-state index contributed by atoms with van der Waals surface area (Å²) in [7, 11) is 1.71. The van der Waals surface area contributed by atoms with Gasteiger partial charge in [0, 0.05) is 9.61 Å². The highest BCUT2D eigenvalue weighted by atomic mass is 127. The SMILES string of the molecule is COc1ccc(I)c2c1CC[C@H]2N. The van der Waals surface area contributed by atoms with E-state index in [0.29, 0.717) is 0 Å². The summed E-state index contributed by atoms with van der Waals surface area (Å²) in [5, 5.41) is 0. The summed E-state index contributed by atoms with van der Waals surface area (Å²) in [6.07, 6.45) is 2.10. The smallest absolute Gasteiger partial charge is 0.122 e. The van der Waals surface area contributed by atoms with Gasteiger partial charge in [-0.15, -0.1) is 0 Å². The van der Waals surface area contributed by atoms with Crippen molar-refractivity contribution in [2.75, 3.05) is 7.11 Å². The Bertz CT molecular complexity index is 338. The normalized spacial score (nSPS) is 20.1. The van der Waals surface area contributed by atoms with Crippen LogP contribution in [-0.2, 0) is 6.42 Å². The number of nitrogens with two attached hydrogens (primary N) is 1. The van der Waals surface area contributed by atoms with Gasteiger partial charge in [-0.1, -0.05) is 0 Å². The Hall–Kier alpha value is -0.290. The Morgan fingerprint density at radius 1 is 1.54 bits per heavy atom. The Kier molecular flexibility index (Phi) is 2.47. The average molecular weight is 289 g/mol. The van der Waals surface area contributed by atoms with Crippen LogP contribution in [0.3, 0.4) is 0 Å². The molecule has 0 radical (unpaired) electrons. The fourth-order valence-corrected chi connectivity index (χ4v) is 2.82. The van der Waals surface area contributed by atoms with Crippen LogP contribution in [0.15, 0.2) is 12.1 Å². The van der Waals surface area contributed by atoms with E-state index < -0.39 is 0 Å². The van der Waals surface area contributed by atoms with Crippen molar-refractivity contribution in [1.29, 1.82) is 0 Å². The number of ether oxygens (including phenoxy) is 1. The molecule has 1 aromatic rings. The number of hydrogen-bond acceptors (Lipinski definition) is 2. The highest BCUT2D eigenvalue weighted by molar-refractivity contribution is 14.1. The molecule has 70 valence electrons. The molecule has 2 rings (SSSR count). The van der Waals surface area contributed by atoms with Gasteiger partial charge >= 0.3 is 0 Å². The first-order valence-electron chi connectivity index (χ1n) is 4.35. The molecule has 1 aromatic carbocycles. The fourth-order valence-electron chi connectivity index (χ4n) is 1.91. The first-order chi connectivity index (χ1) is 6.24. The van der Waals surface area contributed by atoms with E-state index in [0.717, 1.165) is 18.6 Å². The molecule has 0 saturated carbocycles. The minimum Gasteiger partial charge on any atom is -0.496 e. The van der Waals surface area contributed by atoms with Gasteiger partial charge in [0.15, 0.2) is 0 Å². The standard InChI is InChI=1S/C10H12INO/c1-13-9-5-3-7(11)10-6(9)2-4-8(10)12/h3,5,8H,2,4,12H2,1H3/t8-/m1/s1. The lowest BCUT2D eigenvalue weighted by molar-refractivity contribution is 0.410. The van der Waals surface area contributed by atoms with Crippen LogP contribution in [0, 0.1) is 3.57 Å². The monoisotopic (exact) mass is 289 g/mol. The third-order valence-electron chi connectivity index (χ3n) is 2.56. The first kappa shape index (κ1) is 9.27. The molecule has 0 fully saturated rings. The van der Waals surface area contributed by atoms with Crippen molar-refractivity contribution in [3.63, 3.8) is 0 Å². The summed E-state index contributed by atoms with van der Waals surface area (Å²) in [5.74, 6) is 0.989. The summed E-state index contributed by atoms with van der Waals surface area (Å²) in [4.78, 5) is 0. The maximum Gasteiger partial charge on any atom is 0.122 e. The maximum absolute atomic E-state index is 6.01. The van der Waals surface area contributed by atoms with E-state index in [1.165, 1.54) is 14.7 Å². The van der Waals surface area contributed by atoms with Gasteiger partial charge < -0.3 is 10.5 Å². The van der Waals surface area contributed by atoms with Crippen LogP contribution >= 0.6 is 22.6 Å².